The van der Waals surface area contributed by atoms with Crippen molar-refractivity contribution in [2.24, 2.45) is 0 Å². The number of anilines is 1. The van der Waals surface area contributed by atoms with E-state index in [0.717, 1.165) is 0 Å². The number of nitrogens with zero attached hydrogens (tertiary/aromatic N) is 1. The molecule has 0 aliphatic carbocycles. The molecule has 0 saturated heterocycles. The van der Waals surface area contributed by atoms with Gasteiger partial charge >= 0.3 is 0 Å². The molecule has 0 bridgehead atoms. The Labute approximate surface area is 118 Å². The van der Waals surface area contributed by atoms with Gasteiger partial charge in [0.15, 0.2) is 0 Å². The van der Waals surface area contributed by atoms with E-state index in [1.54, 1.807) is 18.3 Å². The van der Waals surface area contributed by atoms with Gasteiger partial charge in [-0.3, -0.25) is 4.98 Å². The van der Waals surface area contributed by atoms with Gasteiger partial charge in [0.05, 0.1) is 31.5 Å². The number of benzene rings is 1. The molecule has 2 rings (SSSR count). The zero-order chi connectivity index (χ0) is 12.6. The van der Waals surface area contributed by atoms with Crippen molar-refractivity contribution in [2.75, 3.05) is 5.73 Å². The second-order valence-corrected chi connectivity index (χ2v) is 4.85. The zero-order valence-corrected chi connectivity index (χ0v) is 11.4. The molecule has 1 aromatic carbocycles. The van der Waals surface area contributed by atoms with Crippen LogP contribution in [0.4, 0.5) is 5.69 Å². The first kappa shape index (κ1) is 12.8. The molecular formula is C11H6Cl4N2. The van der Waals surface area contributed by atoms with Crippen molar-refractivity contribution >= 4 is 52.1 Å². The lowest BCUT2D eigenvalue weighted by Crippen LogP contribution is -1.94. The molecule has 2 N–H and O–H groups in total. The molecule has 0 atom stereocenters. The number of pyridine rings is 1. The van der Waals surface area contributed by atoms with Crippen LogP contribution in [-0.2, 0) is 0 Å². The number of nitrogens with two attached hydrogens (primary N) is 1. The first-order chi connectivity index (χ1) is 8.02. The normalized spacial score (nSPS) is 10.6. The summed E-state index contributed by atoms with van der Waals surface area (Å²) in [6, 6.07) is 4.90. The third kappa shape index (κ3) is 2.31. The molecule has 2 nitrogen and oxygen atoms in total. The number of rotatable bonds is 1. The Morgan fingerprint density at radius 2 is 1.59 bits per heavy atom. The van der Waals surface area contributed by atoms with Crippen molar-refractivity contribution in [3.05, 3.63) is 44.5 Å². The highest BCUT2D eigenvalue weighted by Crippen LogP contribution is 2.43. The third-order valence-electron chi connectivity index (χ3n) is 2.19. The summed E-state index contributed by atoms with van der Waals surface area (Å²) in [7, 11) is 0. The van der Waals surface area contributed by atoms with Crippen LogP contribution in [0.2, 0.25) is 20.1 Å². The number of hydrogen-bond donors (Lipinski definition) is 1. The second kappa shape index (κ2) is 4.91. The van der Waals surface area contributed by atoms with Crippen molar-refractivity contribution in [1.82, 2.24) is 4.98 Å². The maximum Gasteiger partial charge on any atom is 0.0962 e. The third-order valence-corrected chi connectivity index (χ3v) is 3.76. The Morgan fingerprint density at radius 3 is 2.12 bits per heavy atom. The largest absolute Gasteiger partial charge is 0.397 e. The van der Waals surface area contributed by atoms with E-state index in [4.69, 9.17) is 52.1 Å². The van der Waals surface area contributed by atoms with Crippen LogP contribution in [0.1, 0.15) is 0 Å². The Bertz CT molecular complexity index is 558. The Balaban J connectivity index is 2.80. The average Bonchev–Trinajstić information content (AvgIpc) is 2.29. The summed E-state index contributed by atoms with van der Waals surface area (Å²) >= 11 is 24.1. The van der Waals surface area contributed by atoms with Gasteiger partial charge < -0.3 is 5.73 Å². The van der Waals surface area contributed by atoms with Gasteiger partial charge in [-0.1, -0.05) is 46.4 Å². The van der Waals surface area contributed by atoms with Crippen LogP contribution in [0.3, 0.4) is 0 Å². The quantitative estimate of drug-likeness (QED) is 0.757. The van der Waals surface area contributed by atoms with Gasteiger partial charge in [0.1, 0.15) is 0 Å². The van der Waals surface area contributed by atoms with Crippen molar-refractivity contribution in [2.45, 2.75) is 0 Å². The van der Waals surface area contributed by atoms with E-state index in [-0.39, 0.29) is 10.0 Å². The van der Waals surface area contributed by atoms with Gasteiger partial charge in [0.25, 0.3) is 0 Å². The van der Waals surface area contributed by atoms with E-state index < -0.39 is 0 Å². The number of nitrogen functional groups attached to an aromatic ring is 1. The predicted octanol–water partition coefficient (Wildman–Crippen LogP) is 4.94. The smallest absolute Gasteiger partial charge is 0.0962 e. The molecule has 6 heteroatoms. The topological polar surface area (TPSA) is 38.9 Å². The number of hydrogen-bond acceptors (Lipinski definition) is 2. The second-order valence-electron chi connectivity index (χ2n) is 3.28. The monoisotopic (exact) mass is 306 g/mol. The highest BCUT2D eigenvalue weighted by atomic mass is 35.5. The molecule has 0 aliphatic rings. The van der Waals surface area contributed by atoms with Gasteiger partial charge in [0.2, 0.25) is 0 Å². The predicted molar refractivity (Wildman–Crippen MR) is 74.1 cm³/mol. The average molecular weight is 308 g/mol. The van der Waals surface area contributed by atoms with Gasteiger partial charge in [-0.05, 0) is 18.2 Å². The molecule has 0 aliphatic heterocycles. The molecule has 0 unspecified atom stereocenters. The Kier molecular flexibility index (Phi) is 3.69. The first-order valence-electron chi connectivity index (χ1n) is 4.56. The molecule has 0 saturated carbocycles. The van der Waals surface area contributed by atoms with Crippen molar-refractivity contribution in [3.8, 4) is 11.3 Å². The lowest BCUT2D eigenvalue weighted by Gasteiger charge is -2.11. The van der Waals surface area contributed by atoms with Crippen molar-refractivity contribution in [1.29, 1.82) is 0 Å². The van der Waals surface area contributed by atoms with E-state index in [0.29, 0.717) is 27.0 Å². The van der Waals surface area contributed by atoms with Crippen LogP contribution in [0.25, 0.3) is 11.3 Å². The molecule has 17 heavy (non-hydrogen) atoms. The minimum absolute atomic E-state index is 0.284. The Hall–Kier alpha value is -0.670. The van der Waals surface area contributed by atoms with Crippen LogP contribution >= 0.6 is 46.4 Å². The highest BCUT2D eigenvalue weighted by Gasteiger charge is 2.18. The number of aromatic nitrogens is 1. The summed E-state index contributed by atoms with van der Waals surface area (Å²) in [5, 5.41) is 1.18. The maximum atomic E-state index is 6.11. The summed E-state index contributed by atoms with van der Waals surface area (Å²) in [5.41, 5.74) is 7.19. The summed E-state index contributed by atoms with van der Waals surface area (Å²) in [4.78, 5) is 4.14. The summed E-state index contributed by atoms with van der Waals surface area (Å²) in [6.07, 6.45) is 1.59. The summed E-state index contributed by atoms with van der Waals surface area (Å²) < 4.78 is 0. The fraction of sp³-hybridized carbons (Fsp3) is 0. The molecule has 0 spiro atoms. The van der Waals surface area contributed by atoms with Crippen molar-refractivity contribution < 1.29 is 0 Å². The van der Waals surface area contributed by atoms with Gasteiger partial charge in [-0.15, -0.1) is 0 Å². The van der Waals surface area contributed by atoms with E-state index in [9.17, 15) is 0 Å². The lowest BCUT2D eigenvalue weighted by molar-refractivity contribution is 1.33. The van der Waals surface area contributed by atoms with Crippen molar-refractivity contribution in [3.63, 3.8) is 0 Å². The fourth-order valence-corrected chi connectivity index (χ4v) is 2.40. The minimum atomic E-state index is 0.284. The highest BCUT2D eigenvalue weighted by molar-refractivity contribution is 6.50. The van der Waals surface area contributed by atoms with Crippen LogP contribution in [0.15, 0.2) is 24.4 Å². The van der Waals surface area contributed by atoms with E-state index in [1.807, 2.05) is 0 Å². The van der Waals surface area contributed by atoms with Gasteiger partial charge in [-0.2, -0.15) is 0 Å². The molecule has 0 amide bonds. The Morgan fingerprint density at radius 1 is 1.00 bits per heavy atom. The summed E-state index contributed by atoms with van der Waals surface area (Å²) in [5.74, 6) is 0. The fourth-order valence-electron chi connectivity index (χ4n) is 1.41. The maximum absolute atomic E-state index is 6.11. The van der Waals surface area contributed by atoms with Crippen LogP contribution < -0.4 is 5.73 Å². The van der Waals surface area contributed by atoms with Crippen LogP contribution in [0, 0.1) is 0 Å². The molecule has 1 aromatic heterocycles. The molecule has 0 fully saturated rings. The molecule has 2 aromatic rings. The van der Waals surface area contributed by atoms with Crippen LogP contribution in [0.5, 0.6) is 0 Å². The van der Waals surface area contributed by atoms with Gasteiger partial charge in [-0.25, -0.2) is 0 Å². The SMILES string of the molecule is Nc1cccnc1-c1c(Cl)c(Cl)cc(Cl)c1Cl. The molecule has 0 radical (unpaired) electrons. The molecule has 88 valence electrons. The van der Waals surface area contributed by atoms with Crippen LogP contribution in [-0.4, -0.2) is 4.98 Å². The summed E-state index contributed by atoms with van der Waals surface area (Å²) in [6.45, 7) is 0. The van der Waals surface area contributed by atoms with E-state index in [2.05, 4.69) is 4.98 Å². The van der Waals surface area contributed by atoms with Gasteiger partial charge in [0, 0.05) is 11.8 Å². The molecule has 1 heterocycles. The van der Waals surface area contributed by atoms with E-state index in [1.165, 1.54) is 6.07 Å². The first-order valence-corrected chi connectivity index (χ1v) is 6.07. The van der Waals surface area contributed by atoms with E-state index >= 15 is 0 Å². The lowest BCUT2D eigenvalue weighted by atomic mass is 10.1. The minimum Gasteiger partial charge on any atom is -0.397 e. The number of halogens is 4. The molecular weight excluding hydrogens is 302 g/mol. The zero-order valence-electron chi connectivity index (χ0n) is 8.35. The standard InChI is InChI=1S/C11H6Cl4N2/c12-5-4-6(13)10(15)8(9(5)14)11-7(16)2-1-3-17-11/h1-4H,16H2.